The summed E-state index contributed by atoms with van der Waals surface area (Å²) in [4.78, 5) is 2.06. The molecule has 2 aromatic rings. The molecule has 5 heteroatoms. The highest BCUT2D eigenvalue weighted by Gasteiger charge is 2.05. The van der Waals surface area contributed by atoms with Crippen molar-refractivity contribution in [3.63, 3.8) is 0 Å². The van der Waals surface area contributed by atoms with E-state index in [-0.39, 0.29) is 0 Å². The van der Waals surface area contributed by atoms with Crippen LogP contribution in [-0.2, 0) is 13.6 Å². The zero-order chi connectivity index (χ0) is 13.1. The Morgan fingerprint density at radius 2 is 2.17 bits per heavy atom. The van der Waals surface area contributed by atoms with Crippen molar-refractivity contribution in [1.82, 2.24) is 9.78 Å². The molecule has 2 rings (SSSR count). The van der Waals surface area contributed by atoms with Gasteiger partial charge < -0.3 is 10.2 Å². The number of nitrogens with one attached hydrogen (secondary N) is 1. The molecule has 1 aromatic carbocycles. The maximum absolute atomic E-state index is 6.03. The third-order valence-corrected chi connectivity index (χ3v) is 2.92. The fourth-order valence-corrected chi connectivity index (χ4v) is 1.97. The van der Waals surface area contributed by atoms with Crippen molar-refractivity contribution in [2.75, 3.05) is 24.3 Å². The van der Waals surface area contributed by atoms with Gasteiger partial charge in [0.15, 0.2) is 0 Å². The van der Waals surface area contributed by atoms with Gasteiger partial charge in [0.25, 0.3) is 0 Å². The number of rotatable bonds is 4. The van der Waals surface area contributed by atoms with Gasteiger partial charge in [0, 0.05) is 44.5 Å². The molecule has 0 aliphatic heterocycles. The lowest BCUT2D eigenvalue weighted by atomic mass is 10.2. The number of hydrogen-bond donors (Lipinski definition) is 1. The normalized spacial score (nSPS) is 10.4. The van der Waals surface area contributed by atoms with Crippen LogP contribution < -0.4 is 10.2 Å². The molecule has 0 fully saturated rings. The van der Waals surface area contributed by atoms with Crippen molar-refractivity contribution in [3.8, 4) is 0 Å². The van der Waals surface area contributed by atoms with E-state index in [4.69, 9.17) is 11.6 Å². The summed E-state index contributed by atoms with van der Waals surface area (Å²) in [5.41, 5.74) is 3.28. The molecule has 0 saturated carbocycles. The summed E-state index contributed by atoms with van der Waals surface area (Å²) >= 11 is 6.03. The van der Waals surface area contributed by atoms with Crippen LogP contribution in [0.3, 0.4) is 0 Å². The molecule has 1 aromatic heterocycles. The molecule has 0 spiro atoms. The van der Waals surface area contributed by atoms with Gasteiger partial charge in [-0.05, 0) is 18.2 Å². The monoisotopic (exact) mass is 264 g/mol. The molecule has 18 heavy (non-hydrogen) atoms. The number of anilines is 2. The van der Waals surface area contributed by atoms with Crippen LogP contribution in [0.4, 0.5) is 11.4 Å². The molecule has 0 saturated heterocycles. The molecule has 0 bridgehead atoms. The Kier molecular flexibility index (Phi) is 3.77. The second kappa shape index (κ2) is 5.31. The number of nitrogens with zero attached hydrogens (tertiary/aromatic N) is 3. The van der Waals surface area contributed by atoms with Crippen LogP contribution in [0.1, 0.15) is 5.56 Å². The predicted molar refractivity (Wildman–Crippen MR) is 76.3 cm³/mol. The highest BCUT2D eigenvalue weighted by molar-refractivity contribution is 6.31. The van der Waals surface area contributed by atoms with Crippen LogP contribution in [0.15, 0.2) is 30.6 Å². The van der Waals surface area contributed by atoms with Gasteiger partial charge in [-0.15, -0.1) is 0 Å². The zero-order valence-corrected chi connectivity index (χ0v) is 11.6. The van der Waals surface area contributed by atoms with Gasteiger partial charge in [0.1, 0.15) is 0 Å². The van der Waals surface area contributed by atoms with Crippen molar-refractivity contribution in [3.05, 3.63) is 41.2 Å². The minimum atomic E-state index is 0.731. The van der Waals surface area contributed by atoms with E-state index in [0.717, 1.165) is 28.5 Å². The van der Waals surface area contributed by atoms with Gasteiger partial charge in [-0.2, -0.15) is 5.10 Å². The quantitative estimate of drug-likeness (QED) is 0.922. The molecule has 1 N–H and O–H groups in total. The maximum atomic E-state index is 6.03. The summed E-state index contributed by atoms with van der Waals surface area (Å²) in [5.74, 6) is 0. The smallest absolute Gasteiger partial charge is 0.0597 e. The second-order valence-corrected chi connectivity index (χ2v) is 4.87. The van der Waals surface area contributed by atoms with E-state index in [1.54, 1.807) is 4.68 Å². The summed E-state index contributed by atoms with van der Waals surface area (Å²) in [7, 11) is 5.94. The van der Waals surface area contributed by atoms with E-state index in [1.807, 2.05) is 51.7 Å². The van der Waals surface area contributed by atoms with Gasteiger partial charge in [-0.3, -0.25) is 4.68 Å². The molecule has 0 aliphatic carbocycles. The highest BCUT2D eigenvalue weighted by Crippen LogP contribution is 2.28. The van der Waals surface area contributed by atoms with E-state index in [2.05, 4.69) is 15.3 Å². The predicted octanol–water partition coefficient (Wildman–Crippen LogP) is 2.75. The molecular weight excluding hydrogens is 248 g/mol. The van der Waals surface area contributed by atoms with Crippen molar-refractivity contribution in [2.24, 2.45) is 7.05 Å². The lowest BCUT2D eigenvalue weighted by Gasteiger charge is -2.18. The van der Waals surface area contributed by atoms with Crippen LogP contribution in [0.5, 0.6) is 0 Å². The van der Waals surface area contributed by atoms with Crippen molar-refractivity contribution < 1.29 is 0 Å². The first kappa shape index (κ1) is 12.8. The highest BCUT2D eigenvalue weighted by atomic mass is 35.5. The Hall–Kier alpha value is -1.68. The SMILES string of the molecule is CN(C)c1ccc(Cl)cc1NCc1cnn(C)c1. The first-order chi connectivity index (χ1) is 8.56. The van der Waals surface area contributed by atoms with Gasteiger partial charge in [-0.25, -0.2) is 0 Å². The fraction of sp³-hybridized carbons (Fsp3) is 0.308. The average molecular weight is 265 g/mol. The van der Waals surface area contributed by atoms with Gasteiger partial charge in [0.2, 0.25) is 0 Å². The average Bonchev–Trinajstić information content (AvgIpc) is 2.72. The van der Waals surface area contributed by atoms with E-state index in [0.29, 0.717) is 0 Å². The number of benzene rings is 1. The van der Waals surface area contributed by atoms with Crippen LogP contribution in [-0.4, -0.2) is 23.9 Å². The molecule has 96 valence electrons. The first-order valence-electron chi connectivity index (χ1n) is 5.74. The molecule has 0 aliphatic rings. The van der Waals surface area contributed by atoms with E-state index in [1.165, 1.54) is 0 Å². The Morgan fingerprint density at radius 3 is 2.78 bits per heavy atom. The standard InChI is InChI=1S/C13H17ClN4/c1-17(2)13-5-4-11(14)6-12(13)15-7-10-8-16-18(3)9-10/h4-6,8-9,15H,7H2,1-3H3. The lowest BCUT2D eigenvalue weighted by Crippen LogP contribution is -2.12. The summed E-state index contributed by atoms with van der Waals surface area (Å²) in [6.07, 6.45) is 3.85. The number of hydrogen-bond acceptors (Lipinski definition) is 3. The number of aromatic nitrogens is 2. The molecule has 4 nitrogen and oxygen atoms in total. The van der Waals surface area contributed by atoms with E-state index in [9.17, 15) is 0 Å². The van der Waals surface area contributed by atoms with Crippen LogP contribution in [0.25, 0.3) is 0 Å². The van der Waals surface area contributed by atoms with E-state index < -0.39 is 0 Å². The number of aryl methyl sites for hydroxylation is 1. The number of halogens is 1. The third kappa shape index (κ3) is 2.96. The van der Waals surface area contributed by atoms with E-state index >= 15 is 0 Å². The van der Waals surface area contributed by atoms with Crippen molar-refractivity contribution in [2.45, 2.75) is 6.54 Å². The van der Waals surface area contributed by atoms with Crippen LogP contribution >= 0.6 is 11.6 Å². The summed E-state index contributed by atoms with van der Waals surface area (Å²) < 4.78 is 1.79. The maximum Gasteiger partial charge on any atom is 0.0597 e. The fourth-order valence-electron chi connectivity index (χ4n) is 1.80. The molecule has 1 heterocycles. The van der Waals surface area contributed by atoms with Crippen molar-refractivity contribution >= 4 is 23.0 Å². The minimum absolute atomic E-state index is 0.731. The molecular formula is C13H17ClN4. The van der Waals surface area contributed by atoms with Gasteiger partial charge >= 0.3 is 0 Å². The second-order valence-electron chi connectivity index (χ2n) is 4.43. The Morgan fingerprint density at radius 1 is 1.39 bits per heavy atom. The Balaban J connectivity index is 2.15. The van der Waals surface area contributed by atoms with Crippen LogP contribution in [0, 0.1) is 0 Å². The van der Waals surface area contributed by atoms with Gasteiger partial charge in [-0.1, -0.05) is 11.6 Å². The summed E-state index contributed by atoms with van der Waals surface area (Å²) in [6, 6.07) is 5.84. The zero-order valence-electron chi connectivity index (χ0n) is 10.8. The van der Waals surface area contributed by atoms with Crippen molar-refractivity contribution in [1.29, 1.82) is 0 Å². The van der Waals surface area contributed by atoms with Crippen LogP contribution in [0.2, 0.25) is 5.02 Å². The summed E-state index contributed by atoms with van der Waals surface area (Å²) in [6.45, 7) is 0.731. The Labute approximate surface area is 112 Å². The summed E-state index contributed by atoms with van der Waals surface area (Å²) in [5, 5.41) is 8.26. The third-order valence-electron chi connectivity index (χ3n) is 2.68. The molecule has 0 atom stereocenters. The molecule has 0 radical (unpaired) electrons. The Bertz CT molecular complexity index is 534. The first-order valence-corrected chi connectivity index (χ1v) is 6.12. The molecule has 0 unspecified atom stereocenters. The van der Waals surface area contributed by atoms with Gasteiger partial charge in [0.05, 0.1) is 17.6 Å². The largest absolute Gasteiger partial charge is 0.379 e. The molecule has 0 amide bonds. The lowest BCUT2D eigenvalue weighted by molar-refractivity contribution is 0.767. The minimum Gasteiger partial charge on any atom is -0.379 e. The topological polar surface area (TPSA) is 33.1 Å².